The number of nitrogens with zero attached hydrogens (tertiary/aromatic N) is 1. The van der Waals surface area contributed by atoms with Gasteiger partial charge in [-0.1, -0.05) is 0 Å². The first-order valence-corrected chi connectivity index (χ1v) is 3.64. The maximum absolute atomic E-state index is 11.1. The van der Waals surface area contributed by atoms with E-state index in [0.717, 1.165) is 19.2 Å². The van der Waals surface area contributed by atoms with E-state index in [2.05, 4.69) is 0 Å². The van der Waals surface area contributed by atoms with Crippen molar-refractivity contribution in [2.24, 2.45) is 0 Å². The van der Waals surface area contributed by atoms with Crippen LogP contribution in [-0.2, 0) is 10.5 Å². The Morgan fingerprint density at radius 3 is 2.57 bits per heavy atom. The van der Waals surface area contributed by atoms with Crippen molar-refractivity contribution >= 4 is 5.97 Å². The summed E-state index contributed by atoms with van der Waals surface area (Å²) in [6, 6.07) is 0.943. The minimum atomic E-state index is -2.37. The number of hydrogen-bond acceptors (Lipinski definition) is 4. The molecule has 1 heterocycles. The molecule has 0 saturated carbocycles. The fourth-order valence-electron chi connectivity index (χ4n) is 0.863. The molecule has 1 unspecified atom stereocenters. The van der Waals surface area contributed by atoms with E-state index in [-0.39, 0.29) is 0 Å². The molecule has 0 aliphatic rings. The van der Waals surface area contributed by atoms with Gasteiger partial charge >= 0.3 is 11.7 Å². The molecule has 0 aliphatic carbocycles. The number of hydrogen-bond donors (Lipinski definition) is 3. The second-order valence-electron chi connectivity index (χ2n) is 2.81. The van der Waals surface area contributed by atoms with Gasteiger partial charge in [0.25, 0.3) is 5.56 Å². The zero-order valence-electron chi connectivity index (χ0n) is 7.22. The van der Waals surface area contributed by atoms with E-state index in [0.29, 0.717) is 4.57 Å². The summed E-state index contributed by atoms with van der Waals surface area (Å²) in [5, 5.41) is 18.0. The van der Waals surface area contributed by atoms with Crippen molar-refractivity contribution < 1.29 is 15.0 Å². The van der Waals surface area contributed by atoms with Crippen molar-refractivity contribution in [2.45, 2.75) is 12.6 Å². The topological polar surface area (TPSA) is 112 Å². The van der Waals surface area contributed by atoms with Crippen LogP contribution in [0.5, 0.6) is 0 Å². The maximum Gasteiger partial charge on any atom is 0.357 e. The Morgan fingerprint density at radius 2 is 2.14 bits per heavy atom. The van der Waals surface area contributed by atoms with Crippen molar-refractivity contribution in [2.75, 3.05) is 0 Å². The molecule has 14 heavy (non-hydrogen) atoms. The lowest BCUT2D eigenvalue weighted by Crippen LogP contribution is -2.46. The Morgan fingerprint density at radius 1 is 1.57 bits per heavy atom. The van der Waals surface area contributed by atoms with E-state index in [1.54, 1.807) is 0 Å². The summed E-state index contributed by atoms with van der Waals surface area (Å²) >= 11 is 0. The van der Waals surface area contributed by atoms with Crippen LogP contribution in [0.2, 0.25) is 0 Å². The molecule has 0 fully saturated rings. The van der Waals surface area contributed by atoms with Gasteiger partial charge in [0.05, 0.1) is 0 Å². The molecule has 1 aromatic rings. The molecular formula is C7H8N2O5. The van der Waals surface area contributed by atoms with Gasteiger partial charge < -0.3 is 10.2 Å². The number of H-pyrrole nitrogens is 1. The molecule has 3 N–H and O–H groups in total. The van der Waals surface area contributed by atoms with Gasteiger partial charge in [-0.25, -0.2) is 9.59 Å². The lowest BCUT2D eigenvalue weighted by molar-refractivity contribution is -0.167. The van der Waals surface area contributed by atoms with Gasteiger partial charge in [-0.15, -0.1) is 0 Å². The largest absolute Gasteiger partial charge is 0.478 e. The summed E-state index contributed by atoms with van der Waals surface area (Å²) < 4.78 is 0.511. The van der Waals surface area contributed by atoms with Crippen LogP contribution in [0.4, 0.5) is 0 Å². The monoisotopic (exact) mass is 200 g/mol. The highest BCUT2D eigenvalue weighted by Gasteiger charge is 2.33. The second kappa shape index (κ2) is 3.11. The average molecular weight is 200 g/mol. The molecule has 0 amide bonds. The Hall–Kier alpha value is -1.89. The lowest BCUT2D eigenvalue weighted by atomic mass is 10.2. The first-order valence-electron chi connectivity index (χ1n) is 3.64. The molecule has 7 heteroatoms. The number of carbonyl (C=O) groups is 1. The molecule has 76 valence electrons. The van der Waals surface area contributed by atoms with Crippen molar-refractivity contribution in [3.05, 3.63) is 33.1 Å². The van der Waals surface area contributed by atoms with Gasteiger partial charge in [0.1, 0.15) is 0 Å². The number of rotatable bonds is 2. The highest BCUT2D eigenvalue weighted by atomic mass is 16.4. The Bertz CT molecular complexity index is 469. The summed E-state index contributed by atoms with van der Waals surface area (Å²) in [5.74, 6) is -1.59. The quantitative estimate of drug-likeness (QED) is 0.526. The summed E-state index contributed by atoms with van der Waals surface area (Å²) in [6.45, 7) is 0.926. The van der Waals surface area contributed by atoms with Crippen molar-refractivity contribution in [1.29, 1.82) is 0 Å². The minimum Gasteiger partial charge on any atom is -0.478 e. The zero-order chi connectivity index (χ0) is 10.9. The molecule has 1 atom stereocenters. The van der Waals surface area contributed by atoms with Crippen molar-refractivity contribution in [1.82, 2.24) is 9.55 Å². The van der Waals surface area contributed by atoms with Crippen LogP contribution in [0.3, 0.4) is 0 Å². The van der Waals surface area contributed by atoms with E-state index < -0.39 is 22.9 Å². The SMILES string of the molecule is CC(O)(C(=O)O)n1ccc(=O)[nH]c1=O. The molecule has 0 aliphatic heterocycles. The fourth-order valence-corrected chi connectivity index (χ4v) is 0.863. The summed E-state index contributed by atoms with van der Waals surface area (Å²) in [6.07, 6.45) is 0.912. The first-order chi connectivity index (χ1) is 6.35. The average Bonchev–Trinajstić information content (AvgIpc) is 2.02. The van der Waals surface area contributed by atoms with Crippen LogP contribution in [0, 0.1) is 0 Å². The Balaban J connectivity index is 3.41. The zero-order valence-corrected chi connectivity index (χ0v) is 7.22. The minimum absolute atomic E-state index is 0.511. The first kappa shape index (κ1) is 10.2. The molecule has 0 bridgehead atoms. The van der Waals surface area contributed by atoms with Gasteiger partial charge in [-0.2, -0.15) is 0 Å². The summed E-state index contributed by atoms with van der Waals surface area (Å²) in [5.41, 5.74) is -4.02. The molecule has 1 aromatic heterocycles. The maximum atomic E-state index is 11.1. The summed E-state index contributed by atoms with van der Waals surface area (Å²) in [4.78, 5) is 34.1. The van der Waals surface area contributed by atoms with Crippen molar-refractivity contribution in [3.8, 4) is 0 Å². The summed E-state index contributed by atoms with van der Waals surface area (Å²) in [7, 11) is 0. The third-order valence-electron chi connectivity index (χ3n) is 1.70. The predicted molar refractivity (Wildman–Crippen MR) is 44.8 cm³/mol. The Kier molecular flexibility index (Phi) is 2.26. The van der Waals surface area contributed by atoms with Crippen LogP contribution in [0.25, 0.3) is 0 Å². The van der Waals surface area contributed by atoms with Gasteiger partial charge in [0.15, 0.2) is 0 Å². The fraction of sp³-hybridized carbons (Fsp3) is 0.286. The molecule has 0 aromatic carbocycles. The van der Waals surface area contributed by atoms with Gasteiger partial charge in [0.2, 0.25) is 5.72 Å². The highest BCUT2D eigenvalue weighted by Crippen LogP contribution is 2.06. The van der Waals surface area contributed by atoms with E-state index in [1.807, 2.05) is 4.98 Å². The van der Waals surface area contributed by atoms with Crippen molar-refractivity contribution in [3.63, 3.8) is 0 Å². The number of aliphatic hydroxyl groups is 1. The molecule has 1 rings (SSSR count). The highest BCUT2D eigenvalue weighted by molar-refractivity contribution is 5.73. The van der Waals surface area contributed by atoms with Crippen LogP contribution >= 0.6 is 0 Å². The molecule has 0 saturated heterocycles. The number of aromatic amines is 1. The molecule has 0 spiro atoms. The number of carboxylic acids is 1. The Labute approximate surface area is 77.2 Å². The van der Waals surface area contributed by atoms with Crippen LogP contribution in [0.1, 0.15) is 6.92 Å². The smallest absolute Gasteiger partial charge is 0.357 e. The normalized spacial score (nSPS) is 14.7. The van der Waals surface area contributed by atoms with E-state index in [4.69, 9.17) is 5.11 Å². The number of aromatic nitrogens is 2. The van der Waals surface area contributed by atoms with E-state index in [9.17, 15) is 19.5 Å². The van der Waals surface area contributed by atoms with Gasteiger partial charge in [0, 0.05) is 12.3 Å². The lowest BCUT2D eigenvalue weighted by Gasteiger charge is -2.19. The molecular weight excluding hydrogens is 192 g/mol. The number of aliphatic carboxylic acids is 1. The molecule has 7 nitrogen and oxygen atoms in total. The third kappa shape index (κ3) is 1.57. The third-order valence-corrected chi connectivity index (χ3v) is 1.70. The van der Waals surface area contributed by atoms with Crippen LogP contribution < -0.4 is 11.2 Å². The predicted octanol–water partition coefficient (Wildman–Crippen LogP) is -1.71. The van der Waals surface area contributed by atoms with E-state index in [1.165, 1.54) is 0 Å². The number of nitrogens with one attached hydrogen (secondary N) is 1. The second-order valence-corrected chi connectivity index (χ2v) is 2.81. The van der Waals surface area contributed by atoms with Crippen LogP contribution in [0.15, 0.2) is 21.9 Å². The van der Waals surface area contributed by atoms with Crippen LogP contribution in [-0.4, -0.2) is 25.7 Å². The number of carboxylic acid groups (broad SMARTS) is 1. The van der Waals surface area contributed by atoms with E-state index >= 15 is 0 Å². The van der Waals surface area contributed by atoms with Gasteiger partial charge in [-0.05, 0) is 6.92 Å². The van der Waals surface area contributed by atoms with Gasteiger partial charge in [-0.3, -0.25) is 14.3 Å². The standard InChI is InChI=1S/C7H8N2O5/c1-7(14,5(11)12)9-3-2-4(10)8-6(9)13/h2-3,14H,1H3,(H,11,12)(H,8,10,13). The molecule has 0 radical (unpaired) electrons.